The van der Waals surface area contributed by atoms with E-state index in [0.717, 1.165) is 29.8 Å². The van der Waals surface area contributed by atoms with Crippen molar-refractivity contribution in [1.29, 1.82) is 0 Å². The smallest absolute Gasteiger partial charge is 0.253 e. The van der Waals surface area contributed by atoms with Crippen LogP contribution in [0.25, 0.3) is 11.3 Å². The van der Waals surface area contributed by atoms with E-state index in [9.17, 15) is 14.0 Å². The lowest BCUT2D eigenvalue weighted by Gasteiger charge is -2.17. The minimum Gasteiger partial charge on any atom is -0.342 e. The van der Waals surface area contributed by atoms with E-state index in [1.54, 1.807) is 67.1 Å². The van der Waals surface area contributed by atoms with Crippen molar-refractivity contribution in [3.8, 4) is 11.3 Å². The fraction of sp³-hybridized carbons (Fsp3) is 0.231. The second-order valence-electron chi connectivity index (χ2n) is 8.30. The maximum absolute atomic E-state index is 13.1. The molecule has 9 heteroatoms. The molecule has 35 heavy (non-hydrogen) atoms. The first-order valence-electron chi connectivity index (χ1n) is 11.4. The highest BCUT2D eigenvalue weighted by Gasteiger charge is 2.13. The number of aryl methyl sites for hydroxylation is 2. The van der Waals surface area contributed by atoms with Crippen molar-refractivity contribution in [2.75, 3.05) is 18.9 Å². The Morgan fingerprint density at radius 1 is 1.14 bits per heavy atom. The van der Waals surface area contributed by atoms with Crippen molar-refractivity contribution in [1.82, 2.24) is 24.6 Å². The standard InChI is InChI=1S/C26H27FN6O2/c1-32(13-3-6-23-17-24(31-30-23)19-7-9-21(27)10-8-19)26(35)20-4-2-5-22(16-20)29-25(34)11-14-33-15-12-28-18-33/h2,4-5,7-10,12,15-18H,3,6,11,13-14H2,1H3,(H,29,34)(H,30,31). The number of aromatic nitrogens is 4. The molecule has 4 rings (SSSR count). The lowest BCUT2D eigenvalue weighted by atomic mass is 10.1. The highest BCUT2D eigenvalue weighted by molar-refractivity contribution is 5.97. The molecule has 2 N–H and O–H groups in total. The van der Waals surface area contributed by atoms with Crippen molar-refractivity contribution in [3.63, 3.8) is 0 Å². The van der Waals surface area contributed by atoms with E-state index in [1.807, 2.05) is 10.6 Å². The number of hydrogen-bond donors (Lipinski definition) is 2. The monoisotopic (exact) mass is 474 g/mol. The fourth-order valence-electron chi connectivity index (χ4n) is 3.69. The zero-order chi connectivity index (χ0) is 24.6. The second-order valence-corrected chi connectivity index (χ2v) is 8.30. The van der Waals surface area contributed by atoms with Gasteiger partial charge in [0.2, 0.25) is 5.91 Å². The van der Waals surface area contributed by atoms with Gasteiger partial charge in [0.25, 0.3) is 5.91 Å². The van der Waals surface area contributed by atoms with E-state index < -0.39 is 0 Å². The summed E-state index contributed by atoms with van der Waals surface area (Å²) in [5.74, 6) is -0.525. The van der Waals surface area contributed by atoms with Crippen molar-refractivity contribution in [3.05, 3.63) is 90.4 Å². The minimum absolute atomic E-state index is 0.115. The van der Waals surface area contributed by atoms with Crippen LogP contribution in [0.1, 0.15) is 28.9 Å². The van der Waals surface area contributed by atoms with Gasteiger partial charge in [0.1, 0.15) is 5.82 Å². The van der Waals surface area contributed by atoms with Gasteiger partial charge in [-0.2, -0.15) is 5.10 Å². The van der Waals surface area contributed by atoms with Gasteiger partial charge in [-0.15, -0.1) is 0 Å². The van der Waals surface area contributed by atoms with Crippen LogP contribution in [-0.4, -0.2) is 50.1 Å². The van der Waals surface area contributed by atoms with Crippen LogP contribution in [0.4, 0.5) is 10.1 Å². The zero-order valence-corrected chi connectivity index (χ0v) is 19.4. The van der Waals surface area contributed by atoms with Crippen LogP contribution in [0.3, 0.4) is 0 Å². The molecule has 4 aromatic rings. The number of nitrogens with one attached hydrogen (secondary N) is 2. The van der Waals surface area contributed by atoms with Gasteiger partial charge in [0, 0.05) is 61.5 Å². The minimum atomic E-state index is -0.282. The summed E-state index contributed by atoms with van der Waals surface area (Å²) in [7, 11) is 1.76. The van der Waals surface area contributed by atoms with E-state index >= 15 is 0 Å². The lowest BCUT2D eigenvalue weighted by molar-refractivity contribution is -0.116. The fourth-order valence-corrected chi connectivity index (χ4v) is 3.69. The number of hydrogen-bond acceptors (Lipinski definition) is 4. The van der Waals surface area contributed by atoms with E-state index in [0.29, 0.717) is 30.8 Å². The van der Waals surface area contributed by atoms with Gasteiger partial charge in [-0.3, -0.25) is 14.7 Å². The van der Waals surface area contributed by atoms with Crippen LogP contribution in [0.5, 0.6) is 0 Å². The third-order valence-electron chi connectivity index (χ3n) is 5.61. The average Bonchev–Trinajstić information content (AvgIpc) is 3.55. The number of carbonyl (C=O) groups is 2. The van der Waals surface area contributed by atoms with Gasteiger partial charge in [-0.1, -0.05) is 6.07 Å². The molecule has 0 aliphatic rings. The van der Waals surface area contributed by atoms with Crippen molar-refractivity contribution in [2.45, 2.75) is 25.8 Å². The molecule has 0 radical (unpaired) electrons. The number of rotatable bonds is 10. The van der Waals surface area contributed by atoms with Crippen LogP contribution in [-0.2, 0) is 17.8 Å². The maximum Gasteiger partial charge on any atom is 0.253 e. The predicted octanol–water partition coefficient (Wildman–Crippen LogP) is 4.15. The van der Waals surface area contributed by atoms with Gasteiger partial charge in [0.15, 0.2) is 0 Å². The van der Waals surface area contributed by atoms with Gasteiger partial charge in [-0.25, -0.2) is 9.37 Å². The Hall–Kier alpha value is -4.27. The molecular weight excluding hydrogens is 447 g/mol. The maximum atomic E-state index is 13.1. The Morgan fingerprint density at radius 3 is 2.74 bits per heavy atom. The molecule has 0 unspecified atom stereocenters. The third-order valence-corrected chi connectivity index (χ3v) is 5.61. The third kappa shape index (κ3) is 6.63. The number of benzene rings is 2. The van der Waals surface area contributed by atoms with E-state index in [2.05, 4.69) is 20.5 Å². The Bertz CT molecular complexity index is 1270. The highest BCUT2D eigenvalue weighted by atomic mass is 19.1. The molecule has 2 aromatic heterocycles. The summed E-state index contributed by atoms with van der Waals surface area (Å²) in [6.45, 7) is 1.10. The van der Waals surface area contributed by atoms with Crippen LogP contribution in [0.15, 0.2) is 73.3 Å². The molecule has 2 heterocycles. The molecule has 0 saturated heterocycles. The summed E-state index contributed by atoms with van der Waals surface area (Å²) in [4.78, 5) is 30.7. The van der Waals surface area contributed by atoms with Crippen LogP contribution in [0, 0.1) is 5.82 Å². The predicted molar refractivity (Wildman–Crippen MR) is 131 cm³/mol. The first-order valence-corrected chi connectivity index (χ1v) is 11.4. The van der Waals surface area contributed by atoms with Crippen molar-refractivity contribution >= 4 is 17.5 Å². The van der Waals surface area contributed by atoms with Gasteiger partial charge in [-0.05, 0) is 61.4 Å². The Morgan fingerprint density at radius 2 is 1.97 bits per heavy atom. The summed E-state index contributed by atoms with van der Waals surface area (Å²) in [5.41, 5.74) is 3.65. The molecule has 0 aliphatic heterocycles. The van der Waals surface area contributed by atoms with Crippen LogP contribution >= 0.6 is 0 Å². The molecule has 2 amide bonds. The molecule has 0 saturated carbocycles. The summed E-state index contributed by atoms with van der Waals surface area (Å²) in [5, 5.41) is 10.1. The number of nitrogens with zero attached hydrogens (tertiary/aromatic N) is 4. The molecule has 0 bridgehead atoms. The number of H-pyrrole nitrogens is 1. The molecule has 8 nitrogen and oxygen atoms in total. The molecule has 2 aromatic carbocycles. The van der Waals surface area contributed by atoms with Crippen LogP contribution in [0.2, 0.25) is 0 Å². The highest BCUT2D eigenvalue weighted by Crippen LogP contribution is 2.19. The normalized spacial score (nSPS) is 10.8. The lowest BCUT2D eigenvalue weighted by Crippen LogP contribution is -2.28. The Kier molecular flexibility index (Phi) is 7.67. The van der Waals surface area contributed by atoms with E-state index in [1.165, 1.54) is 12.1 Å². The number of aromatic amines is 1. The second kappa shape index (κ2) is 11.2. The van der Waals surface area contributed by atoms with E-state index in [4.69, 9.17) is 0 Å². The molecule has 0 spiro atoms. The van der Waals surface area contributed by atoms with Crippen molar-refractivity contribution < 1.29 is 14.0 Å². The van der Waals surface area contributed by atoms with E-state index in [-0.39, 0.29) is 17.6 Å². The van der Waals surface area contributed by atoms with Gasteiger partial charge >= 0.3 is 0 Å². The Labute approximate surface area is 202 Å². The molecule has 0 aliphatic carbocycles. The Balaban J connectivity index is 1.25. The first kappa shape index (κ1) is 23.9. The number of imidazole rings is 1. The van der Waals surface area contributed by atoms with Gasteiger partial charge in [0.05, 0.1) is 12.0 Å². The molecule has 0 fully saturated rings. The number of carbonyl (C=O) groups excluding carboxylic acids is 2. The average molecular weight is 475 g/mol. The largest absolute Gasteiger partial charge is 0.342 e. The number of anilines is 1. The molecule has 0 atom stereocenters. The SMILES string of the molecule is CN(CCCc1cc(-c2ccc(F)cc2)n[nH]1)C(=O)c1cccc(NC(=O)CCn2ccnc2)c1. The molecular formula is C26H27FN6O2. The van der Waals surface area contributed by atoms with Crippen LogP contribution < -0.4 is 5.32 Å². The summed E-state index contributed by atoms with van der Waals surface area (Å²) in [6, 6.07) is 15.1. The molecule has 180 valence electrons. The number of amides is 2. The van der Waals surface area contributed by atoms with Gasteiger partial charge < -0.3 is 14.8 Å². The zero-order valence-electron chi connectivity index (χ0n) is 19.4. The van der Waals surface area contributed by atoms with Crippen molar-refractivity contribution in [2.24, 2.45) is 0 Å². The summed E-state index contributed by atoms with van der Waals surface area (Å²) >= 11 is 0. The summed E-state index contributed by atoms with van der Waals surface area (Å²) in [6.07, 6.45) is 6.92. The number of halogens is 1. The first-order chi connectivity index (χ1) is 17.0. The summed E-state index contributed by atoms with van der Waals surface area (Å²) < 4.78 is 14.9. The quantitative estimate of drug-likeness (QED) is 0.361. The topological polar surface area (TPSA) is 95.9 Å².